The first-order valence-corrected chi connectivity index (χ1v) is 6.99. The Morgan fingerprint density at radius 2 is 2.12 bits per heavy atom. The minimum atomic E-state index is 0.394. The van der Waals surface area contributed by atoms with E-state index in [1.54, 1.807) is 0 Å². The first-order chi connectivity index (χ1) is 7.75. The summed E-state index contributed by atoms with van der Waals surface area (Å²) >= 11 is 0. The van der Waals surface area contributed by atoms with Crippen LogP contribution in [0, 0.1) is 17.8 Å². The summed E-state index contributed by atoms with van der Waals surface area (Å²) < 4.78 is 0. The van der Waals surface area contributed by atoms with Crippen molar-refractivity contribution in [3.05, 3.63) is 0 Å². The number of nitrogens with one attached hydrogen (secondary N) is 1. The van der Waals surface area contributed by atoms with Gasteiger partial charge in [0.05, 0.1) is 0 Å². The van der Waals surface area contributed by atoms with Gasteiger partial charge in [0.15, 0.2) is 0 Å². The minimum absolute atomic E-state index is 0.394. The third-order valence-electron chi connectivity index (χ3n) is 4.28. The highest BCUT2D eigenvalue weighted by atomic mass is 16.1. The van der Waals surface area contributed by atoms with E-state index in [4.69, 9.17) is 0 Å². The summed E-state index contributed by atoms with van der Waals surface area (Å²) in [5, 5.41) is 3.40. The van der Waals surface area contributed by atoms with Gasteiger partial charge >= 0.3 is 0 Å². The summed E-state index contributed by atoms with van der Waals surface area (Å²) in [6, 6.07) is 0. The van der Waals surface area contributed by atoms with Gasteiger partial charge in [-0.05, 0) is 50.6 Å². The summed E-state index contributed by atoms with van der Waals surface area (Å²) in [6.07, 6.45) is 8.24. The van der Waals surface area contributed by atoms with Crippen LogP contribution < -0.4 is 5.32 Å². The lowest BCUT2D eigenvalue weighted by atomic mass is 9.78. The van der Waals surface area contributed by atoms with Crippen molar-refractivity contribution >= 4 is 5.78 Å². The van der Waals surface area contributed by atoms with Crippen LogP contribution in [0.3, 0.4) is 0 Å². The molecule has 3 atom stereocenters. The third kappa shape index (κ3) is 3.31. The zero-order valence-corrected chi connectivity index (χ0v) is 10.5. The predicted molar refractivity (Wildman–Crippen MR) is 66.3 cm³/mol. The average molecular weight is 223 g/mol. The monoisotopic (exact) mass is 223 g/mol. The molecule has 0 radical (unpaired) electrons. The van der Waals surface area contributed by atoms with E-state index in [1.807, 2.05) is 0 Å². The first kappa shape index (κ1) is 12.1. The van der Waals surface area contributed by atoms with Crippen LogP contribution in [-0.4, -0.2) is 18.9 Å². The van der Waals surface area contributed by atoms with Gasteiger partial charge in [-0.1, -0.05) is 19.8 Å². The van der Waals surface area contributed by atoms with E-state index in [2.05, 4.69) is 12.2 Å². The van der Waals surface area contributed by atoms with Gasteiger partial charge in [0, 0.05) is 12.3 Å². The Kier molecular flexibility index (Phi) is 4.39. The fourth-order valence-electron chi connectivity index (χ4n) is 3.28. The largest absolute Gasteiger partial charge is 0.316 e. The first-order valence-electron chi connectivity index (χ1n) is 6.99. The molecule has 0 aromatic rings. The molecular formula is C14H25NO. The maximum atomic E-state index is 12.2. The molecular weight excluding hydrogens is 198 g/mol. The van der Waals surface area contributed by atoms with E-state index in [0.29, 0.717) is 17.6 Å². The van der Waals surface area contributed by atoms with E-state index >= 15 is 0 Å². The number of ketones is 1. The van der Waals surface area contributed by atoms with Crippen LogP contribution in [0.15, 0.2) is 0 Å². The summed E-state index contributed by atoms with van der Waals surface area (Å²) in [6.45, 7) is 4.50. The highest BCUT2D eigenvalue weighted by molar-refractivity contribution is 5.81. The molecule has 1 N–H and O–H groups in total. The second-order valence-corrected chi connectivity index (χ2v) is 5.85. The molecule has 0 spiro atoms. The van der Waals surface area contributed by atoms with Gasteiger partial charge in [0.2, 0.25) is 0 Å². The summed E-state index contributed by atoms with van der Waals surface area (Å²) in [4.78, 5) is 12.2. The zero-order chi connectivity index (χ0) is 11.4. The lowest BCUT2D eigenvalue weighted by molar-refractivity contribution is -0.125. The lowest BCUT2D eigenvalue weighted by Crippen LogP contribution is -2.33. The van der Waals surface area contributed by atoms with Crippen LogP contribution >= 0.6 is 0 Å². The molecule has 3 unspecified atom stereocenters. The van der Waals surface area contributed by atoms with Crippen LogP contribution in [0.2, 0.25) is 0 Å². The van der Waals surface area contributed by atoms with Crippen molar-refractivity contribution in [1.82, 2.24) is 5.32 Å². The minimum Gasteiger partial charge on any atom is -0.316 e. The molecule has 0 aromatic heterocycles. The molecule has 2 heteroatoms. The second-order valence-electron chi connectivity index (χ2n) is 5.85. The maximum absolute atomic E-state index is 12.2. The number of hydrogen-bond acceptors (Lipinski definition) is 2. The Bertz CT molecular complexity index is 233. The van der Waals surface area contributed by atoms with E-state index in [0.717, 1.165) is 38.3 Å². The maximum Gasteiger partial charge on any atom is 0.136 e. The van der Waals surface area contributed by atoms with Crippen LogP contribution in [0.1, 0.15) is 51.9 Å². The van der Waals surface area contributed by atoms with E-state index in [9.17, 15) is 4.79 Å². The molecule has 92 valence electrons. The number of piperidine rings is 1. The van der Waals surface area contributed by atoms with E-state index < -0.39 is 0 Å². The third-order valence-corrected chi connectivity index (χ3v) is 4.28. The molecule has 2 nitrogen and oxygen atoms in total. The highest BCUT2D eigenvalue weighted by Gasteiger charge is 2.27. The van der Waals surface area contributed by atoms with Crippen molar-refractivity contribution in [2.24, 2.45) is 17.8 Å². The standard InChI is InChI=1S/C14H25NO/c1-11-4-2-6-13(8-11)14(16)9-12-5-3-7-15-10-12/h11-13,15H,2-10H2,1H3. The van der Waals surface area contributed by atoms with Crippen molar-refractivity contribution in [2.75, 3.05) is 13.1 Å². The summed E-state index contributed by atoms with van der Waals surface area (Å²) in [7, 11) is 0. The topological polar surface area (TPSA) is 29.1 Å². The van der Waals surface area contributed by atoms with Gasteiger partial charge < -0.3 is 5.32 Å². The van der Waals surface area contributed by atoms with E-state index in [-0.39, 0.29) is 0 Å². The Hall–Kier alpha value is -0.370. The van der Waals surface area contributed by atoms with Gasteiger partial charge in [0.1, 0.15) is 5.78 Å². The summed E-state index contributed by atoms with van der Waals surface area (Å²) in [5.41, 5.74) is 0. The highest BCUT2D eigenvalue weighted by Crippen LogP contribution is 2.31. The molecule has 1 saturated heterocycles. The smallest absolute Gasteiger partial charge is 0.136 e. The molecule has 0 amide bonds. The van der Waals surface area contributed by atoms with Gasteiger partial charge in [-0.15, -0.1) is 0 Å². The van der Waals surface area contributed by atoms with E-state index in [1.165, 1.54) is 25.7 Å². The van der Waals surface area contributed by atoms with Crippen LogP contribution in [0.5, 0.6) is 0 Å². The van der Waals surface area contributed by atoms with Gasteiger partial charge in [-0.3, -0.25) is 4.79 Å². The molecule has 2 aliphatic rings. The van der Waals surface area contributed by atoms with Crippen molar-refractivity contribution in [3.63, 3.8) is 0 Å². The van der Waals surface area contributed by atoms with Gasteiger partial charge in [-0.25, -0.2) is 0 Å². The molecule has 0 aromatic carbocycles. The molecule has 16 heavy (non-hydrogen) atoms. The van der Waals surface area contributed by atoms with Crippen molar-refractivity contribution in [1.29, 1.82) is 0 Å². The number of Topliss-reactive ketones (excluding diaryl/α,β-unsaturated/α-hetero) is 1. The quantitative estimate of drug-likeness (QED) is 0.797. The Balaban J connectivity index is 1.77. The lowest BCUT2D eigenvalue weighted by Gasteiger charge is -2.28. The number of rotatable bonds is 3. The predicted octanol–water partition coefficient (Wildman–Crippen LogP) is 2.77. The van der Waals surface area contributed by atoms with Crippen LogP contribution in [-0.2, 0) is 4.79 Å². The fourth-order valence-corrected chi connectivity index (χ4v) is 3.28. The zero-order valence-electron chi connectivity index (χ0n) is 10.5. The van der Waals surface area contributed by atoms with Crippen molar-refractivity contribution in [3.8, 4) is 0 Å². The normalized spacial score (nSPS) is 35.9. The number of carbonyl (C=O) groups excluding carboxylic acids is 1. The molecule has 1 saturated carbocycles. The van der Waals surface area contributed by atoms with Gasteiger partial charge in [-0.2, -0.15) is 0 Å². The summed E-state index contributed by atoms with van der Waals surface area (Å²) in [5.74, 6) is 2.34. The molecule has 1 heterocycles. The van der Waals surface area contributed by atoms with Crippen LogP contribution in [0.25, 0.3) is 0 Å². The van der Waals surface area contributed by atoms with Crippen molar-refractivity contribution < 1.29 is 4.79 Å². The van der Waals surface area contributed by atoms with Crippen LogP contribution in [0.4, 0.5) is 0 Å². The molecule has 1 aliphatic carbocycles. The SMILES string of the molecule is CC1CCCC(C(=O)CC2CCCNC2)C1. The molecule has 2 rings (SSSR count). The second kappa shape index (κ2) is 5.81. The number of carbonyl (C=O) groups is 1. The average Bonchev–Trinajstić information content (AvgIpc) is 2.30. The molecule has 2 fully saturated rings. The Morgan fingerprint density at radius 1 is 1.25 bits per heavy atom. The Labute approximate surface area is 99.2 Å². The molecule has 0 bridgehead atoms. The number of hydrogen-bond donors (Lipinski definition) is 1. The fraction of sp³-hybridized carbons (Fsp3) is 0.929. The molecule has 1 aliphatic heterocycles. The Morgan fingerprint density at radius 3 is 2.81 bits per heavy atom. The van der Waals surface area contributed by atoms with Crippen molar-refractivity contribution in [2.45, 2.75) is 51.9 Å². The van der Waals surface area contributed by atoms with Gasteiger partial charge in [0.25, 0.3) is 0 Å².